The third-order valence-electron chi connectivity index (χ3n) is 5.90. The Kier molecular flexibility index (Phi) is 6.30. The summed E-state index contributed by atoms with van der Waals surface area (Å²) < 4.78 is 7.35. The minimum Gasteiger partial charge on any atom is -0.494 e. The van der Waals surface area contributed by atoms with E-state index in [9.17, 15) is 4.79 Å². The molecule has 0 aliphatic carbocycles. The van der Waals surface area contributed by atoms with Gasteiger partial charge in [0, 0.05) is 12.2 Å². The Morgan fingerprint density at radius 1 is 0.943 bits per heavy atom. The minimum absolute atomic E-state index is 0.255. The first-order valence-electron chi connectivity index (χ1n) is 11.8. The van der Waals surface area contributed by atoms with Crippen molar-refractivity contribution in [2.75, 3.05) is 18.9 Å². The van der Waals surface area contributed by atoms with Crippen molar-refractivity contribution in [1.29, 1.82) is 0 Å². The predicted octanol–water partition coefficient (Wildman–Crippen LogP) is 4.92. The van der Waals surface area contributed by atoms with Gasteiger partial charge in [0.05, 0.1) is 17.6 Å². The fraction of sp³-hybridized carbons (Fsp3) is 0.179. The molecule has 0 spiro atoms. The van der Waals surface area contributed by atoms with E-state index in [0.29, 0.717) is 41.2 Å². The van der Waals surface area contributed by atoms with Crippen LogP contribution in [0.4, 0.5) is 5.82 Å². The van der Waals surface area contributed by atoms with Gasteiger partial charge in [-0.1, -0.05) is 42.5 Å². The van der Waals surface area contributed by atoms with Crippen molar-refractivity contribution in [3.05, 3.63) is 90.0 Å². The summed E-state index contributed by atoms with van der Waals surface area (Å²) in [7, 11) is 0. The van der Waals surface area contributed by atoms with Crippen LogP contribution in [0.2, 0.25) is 0 Å². The number of aryl methyl sites for hydroxylation is 1. The Balaban J connectivity index is 1.50. The molecule has 1 amide bonds. The second-order valence-corrected chi connectivity index (χ2v) is 8.25. The predicted molar refractivity (Wildman–Crippen MR) is 139 cm³/mol. The molecule has 7 heteroatoms. The maximum atomic E-state index is 13.3. The second-order valence-electron chi connectivity index (χ2n) is 8.25. The van der Waals surface area contributed by atoms with E-state index in [1.807, 2.05) is 73.7 Å². The average molecular weight is 466 g/mol. The van der Waals surface area contributed by atoms with Gasteiger partial charge in [-0.05, 0) is 61.7 Å². The number of fused-ring (bicyclic) bond motifs is 2. The number of hydrogen-bond acceptors (Lipinski definition) is 5. The fourth-order valence-electron chi connectivity index (χ4n) is 4.23. The van der Waals surface area contributed by atoms with Gasteiger partial charge < -0.3 is 15.8 Å². The second kappa shape index (κ2) is 9.85. The van der Waals surface area contributed by atoms with Crippen LogP contribution >= 0.6 is 0 Å². The van der Waals surface area contributed by atoms with E-state index < -0.39 is 0 Å². The molecule has 5 aromatic rings. The van der Waals surface area contributed by atoms with E-state index in [4.69, 9.17) is 20.4 Å². The summed E-state index contributed by atoms with van der Waals surface area (Å²) in [6, 6.07) is 25.4. The molecule has 35 heavy (non-hydrogen) atoms. The van der Waals surface area contributed by atoms with Gasteiger partial charge in [-0.2, -0.15) is 0 Å². The number of benzene rings is 3. The maximum absolute atomic E-state index is 13.3. The summed E-state index contributed by atoms with van der Waals surface area (Å²) in [5.41, 5.74) is 11.4. The molecule has 176 valence electrons. The van der Waals surface area contributed by atoms with E-state index in [0.717, 1.165) is 29.8 Å². The summed E-state index contributed by atoms with van der Waals surface area (Å²) in [6.45, 7) is 3.06. The summed E-state index contributed by atoms with van der Waals surface area (Å²) in [6.07, 6.45) is 1.71. The lowest BCUT2D eigenvalue weighted by Crippen LogP contribution is -2.25. The molecule has 0 unspecified atom stereocenters. The van der Waals surface area contributed by atoms with Crippen molar-refractivity contribution < 1.29 is 9.53 Å². The highest BCUT2D eigenvalue weighted by Crippen LogP contribution is 2.31. The number of nitrogens with one attached hydrogen (secondary N) is 1. The van der Waals surface area contributed by atoms with Crippen LogP contribution in [0.5, 0.6) is 5.75 Å². The van der Waals surface area contributed by atoms with Crippen LogP contribution in [0.25, 0.3) is 27.9 Å². The average Bonchev–Trinajstić information content (AvgIpc) is 3.17. The Morgan fingerprint density at radius 3 is 2.34 bits per heavy atom. The highest BCUT2D eigenvalue weighted by atomic mass is 16.5. The number of anilines is 1. The molecule has 0 saturated heterocycles. The molecular weight excluding hydrogens is 438 g/mol. The smallest absolute Gasteiger partial charge is 0.257 e. The van der Waals surface area contributed by atoms with Crippen molar-refractivity contribution >= 4 is 33.9 Å². The number of nitrogens with two attached hydrogens (primary N) is 1. The lowest BCUT2D eigenvalue weighted by Gasteiger charge is -2.10. The van der Waals surface area contributed by atoms with Crippen LogP contribution in [-0.2, 0) is 6.42 Å². The molecule has 2 aromatic heterocycles. The first-order valence-corrected chi connectivity index (χ1v) is 11.8. The third kappa shape index (κ3) is 4.53. The minimum atomic E-state index is -0.255. The number of aromatic nitrogens is 3. The lowest BCUT2D eigenvalue weighted by atomic mass is 10.1. The number of nitrogen functional groups attached to an aromatic ring is 1. The first kappa shape index (κ1) is 22.4. The molecule has 0 aliphatic rings. The third-order valence-corrected chi connectivity index (χ3v) is 5.90. The molecule has 7 nitrogen and oxygen atoms in total. The summed E-state index contributed by atoms with van der Waals surface area (Å²) in [4.78, 5) is 22.9. The number of carbonyl (C=O) groups excluding carboxylic acids is 1. The number of rotatable bonds is 8. The van der Waals surface area contributed by atoms with Crippen molar-refractivity contribution in [2.24, 2.45) is 0 Å². The lowest BCUT2D eigenvalue weighted by molar-refractivity contribution is 0.0955. The number of carbonyl (C=O) groups is 1. The molecule has 0 bridgehead atoms. The highest BCUT2D eigenvalue weighted by molar-refractivity contribution is 6.11. The number of para-hydroxylation sites is 2. The van der Waals surface area contributed by atoms with Crippen LogP contribution in [0, 0.1) is 0 Å². The summed E-state index contributed by atoms with van der Waals surface area (Å²) in [5, 5.41) is 3.02. The molecule has 5 rings (SSSR count). The molecule has 2 heterocycles. The van der Waals surface area contributed by atoms with Crippen LogP contribution in [-0.4, -0.2) is 33.6 Å². The number of amides is 1. The zero-order valence-electron chi connectivity index (χ0n) is 19.6. The van der Waals surface area contributed by atoms with Gasteiger partial charge in [0.2, 0.25) is 0 Å². The van der Waals surface area contributed by atoms with Gasteiger partial charge >= 0.3 is 0 Å². The van der Waals surface area contributed by atoms with Gasteiger partial charge in [0.15, 0.2) is 5.65 Å². The van der Waals surface area contributed by atoms with Gasteiger partial charge in [0.1, 0.15) is 22.6 Å². The largest absolute Gasteiger partial charge is 0.494 e. The van der Waals surface area contributed by atoms with E-state index in [1.54, 1.807) is 4.57 Å². The standard InChI is InChI=1S/C28H27N5O2/c1-2-35-21-16-14-20(15-17-21)33-26(29)24(25-27(33)32-23-13-7-6-12-22(23)31-25)28(34)30-18-8-11-19-9-4-3-5-10-19/h3-7,9-10,12-17H,2,8,11,18,29H2,1H3,(H,30,34). The quantitative estimate of drug-likeness (QED) is 0.317. The Bertz CT molecular complexity index is 1480. The van der Waals surface area contributed by atoms with Gasteiger partial charge in [0.25, 0.3) is 5.91 Å². The van der Waals surface area contributed by atoms with Gasteiger partial charge in [-0.25, -0.2) is 9.97 Å². The topological polar surface area (TPSA) is 95.1 Å². The van der Waals surface area contributed by atoms with E-state index in [-0.39, 0.29) is 5.91 Å². The number of nitrogens with zero attached hydrogens (tertiary/aromatic N) is 3. The first-order chi connectivity index (χ1) is 17.2. The molecule has 0 radical (unpaired) electrons. The van der Waals surface area contributed by atoms with Crippen molar-refractivity contribution in [1.82, 2.24) is 19.9 Å². The van der Waals surface area contributed by atoms with Gasteiger partial charge in [-0.15, -0.1) is 0 Å². The Hall–Kier alpha value is -4.39. The van der Waals surface area contributed by atoms with Crippen LogP contribution < -0.4 is 15.8 Å². The Morgan fingerprint density at radius 2 is 1.63 bits per heavy atom. The number of hydrogen-bond donors (Lipinski definition) is 2. The summed E-state index contributed by atoms with van der Waals surface area (Å²) in [5.74, 6) is 0.814. The van der Waals surface area contributed by atoms with Crippen LogP contribution in [0.3, 0.4) is 0 Å². The van der Waals surface area contributed by atoms with Crippen molar-refractivity contribution in [3.8, 4) is 11.4 Å². The molecule has 0 aliphatic heterocycles. The van der Waals surface area contributed by atoms with Crippen LogP contribution in [0.1, 0.15) is 29.3 Å². The Labute approximate surface area is 203 Å². The van der Waals surface area contributed by atoms with E-state index in [1.165, 1.54) is 5.56 Å². The molecular formula is C28H27N5O2. The number of ether oxygens (including phenoxy) is 1. The molecule has 3 N–H and O–H groups in total. The molecule has 0 atom stereocenters. The van der Waals surface area contributed by atoms with Crippen molar-refractivity contribution in [2.45, 2.75) is 19.8 Å². The summed E-state index contributed by atoms with van der Waals surface area (Å²) >= 11 is 0. The molecule has 0 fully saturated rings. The van der Waals surface area contributed by atoms with Crippen molar-refractivity contribution in [3.63, 3.8) is 0 Å². The molecule has 3 aromatic carbocycles. The SMILES string of the molecule is CCOc1ccc(-n2c(N)c(C(=O)NCCCc3ccccc3)c3nc4ccccc4nc32)cc1. The highest BCUT2D eigenvalue weighted by Gasteiger charge is 2.24. The van der Waals surface area contributed by atoms with Crippen LogP contribution in [0.15, 0.2) is 78.9 Å². The zero-order valence-corrected chi connectivity index (χ0v) is 19.6. The normalized spacial score (nSPS) is 11.1. The van der Waals surface area contributed by atoms with E-state index in [2.05, 4.69) is 17.4 Å². The van der Waals surface area contributed by atoms with E-state index >= 15 is 0 Å². The van der Waals surface area contributed by atoms with Gasteiger partial charge in [-0.3, -0.25) is 9.36 Å². The maximum Gasteiger partial charge on any atom is 0.257 e. The zero-order chi connectivity index (χ0) is 24.2. The molecule has 0 saturated carbocycles. The fourth-order valence-corrected chi connectivity index (χ4v) is 4.23. The monoisotopic (exact) mass is 465 g/mol.